The van der Waals surface area contributed by atoms with Crippen molar-refractivity contribution in [1.82, 2.24) is 24.9 Å². The highest BCUT2D eigenvalue weighted by atomic mass is 16.2. The van der Waals surface area contributed by atoms with Gasteiger partial charge in [0.05, 0.1) is 18.8 Å². The minimum absolute atomic E-state index is 0.228. The van der Waals surface area contributed by atoms with E-state index in [1.165, 1.54) is 12.8 Å². The fourth-order valence-corrected chi connectivity index (χ4v) is 3.30. The monoisotopic (exact) mass is 364 g/mol. The van der Waals surface area contributed by atoms with E-state index in [-0.39, 0.29) is 6.03 Å². The zero-order valence-electron chi connectivity index (χ0n) is 15.4. The van der Waals surface area contributed by atoms with E-state index >= 15 is 0 Å². The van der Waals surface area contributed by atoms with Crippen molar-refractivity contribution < 1.29 is 4.79 Å². The molecule has 1 atom stereocenters. The van der Waals surface area contributed by atoms with Crippen molar-refractivity contribution in [3.63, 3.8) is 0 Å². The average Bonchev–Trinajstić information content (AvgIpc) is 3.21. The number of amides is 2. The number of rotatable bonds is 7. The molecule has 7 heteroatoms. The van der Waals surface area contributed by atoms with Crippen LogP contribution in [0.2, 0.25) is 0 Å². The third kappa shape index (κ3) is 4.19. The van der Waals surface area contributed by atoms with Crippen LogP contribution in [-0.2, 0) is 13.1 Å². The molecule has 2 N–H and O–H groups in total. The van der Waals surface area contributed by atoms with E-state index < -0.39 is 0 Å². The maximum Gasteiger partial charge on any atom is 0.320 e. The average molecular weight is 364 g/mol. The third-order valence-corrected chi connectivity index (χ3v) is 5.05. The zero-order valence-corrected chi connectivity index (χ0v) is 15.4. The highest BCUT2D eigenvalue weighted by Crippen LogP contribution is 2.40. The quantitative estimate of drug-likeness (QED) is 0.674. The lowest BCUT2D eigenvalue weighted by molar-refractivity contribution is 0.251. The predicted octanol–water partition coefficient (Wildman–Crippen LogP) is 3.42. The number of urea groups is 1. The van der Waals surface area contributed by atoms with Crippen molar-refractivity contribution >= 4 is 11.8 Å². The summed E-state index contributed by atoms with van der Waals surface area (Å²) in [5, 5.41) is 14.5. The summed E-state index contributed by atoms with van der Waals surface area (Å²) >= 11 is 0. The van der Waals surface area contributed by atoms with E-state index in [1.807, 2.05) is 45.9 Å². The maximum atomic E-state index is 12.4. The van der Waals surface area contributed by atoms with Crippen molar-refractivity contribution in [3.8, 4) is 0 Å². The van der Waals surface area contributed by atoms with Gasteiger partial charge in [0.15, 0.2) is 0 Å². The molecule has 0 unspecified atom stereocenters. The molecule has 2 aromatic heterocycles. The highest BCUT2D eigenvalue weighted by Gasteiger charge is 2.30. The van der Waals surface area contributed by atoms with E-state index in [1.54, 1.807) is 12.4 Å². The van der Waals surface area contributed by atoms with Gasteiger partial charge in [-0.2, -0.15) is 10.2 Å². The van der Waals surface area contributed by atoms with Crippen LogP contribution < -0.4 is 10.6 Å². The Morgan fingerprint density at radius 3 is 2.70 bits per heavy atom. The van der Waals surface area contributed by atoms with Gasteiger partial charge in [0.1, 0.15) is 5.82 Å². The molecule has 2 amide bonds. The standard InChI is InChI=1S/C20H24N6O/c1-15(16-7-8-16)26-19(9-11-23-26)24-20(27)21-13-17-5-2-3-6-18(17)14-25-12-4-10-22-25/h2-6,9-12,15-16H,7-8,13-14H2,1H3,(H2,21,24,27)/t15-/m0/s1. The summed E-state index contributed by atoms with van der Waals surface area (Å²) in [4.78, 5) is 12.4. The van der Waals surface area contributed by atoms with E-state index in [4.69, 9.17) is 0 Å². The Morgan fingerprint density at radius 2 is 1.96 bits per heavy atom. The minimum Gasteiger partial charge on any atom is -0.334 e. The molecule has 1 aliphatic rings. The first-order valence-electron chi connectivity index (χ1n) is 9.33. The molecule has 0 aliphatic heterocycles. The highest BCUT2D eigenvalue weighted by molar-refractivity contribution is 5.88. The number of carbonyl (C=O) groups is 1. The van der Waals surface area contributed by atoms with Crippen molar-refractivity contribution in [1.29, 1.82) is 0 Å². The molecule has 1 aliphatic carbocycles. The van der Waals surface area contributed by atoms with Crippen molar-refractivity contribution in [3.05, 3.63) is 66.1 Å². The molecular weight excluding hydrogens is 340 g/mol. The van der Waals surface area contributed by atoms with E-state index in [2.05, 4.69) is 33.8 Å². The first-order valence-corrected chi connectivity index (χ1v) is 9.33. The van der Waals surface area contributed by atoms with E-state index in [0.29, 0.717) is 25.0 Å². The number of nitrogens with zero attached hydrogens (tertiary/aromatic N) is 4. The molecule has 0 saturated heterocycles. The van der Waals surface area contributed by atoms with Crippen molar-refractivity contribution in [2.45, 2.75) is 38.9 Å². The fraction of sp³-hybridized carbons (Fsp3) is 0.350. The molecule has 1 aromatic carbocycles. The molecule has 7 nitrogen and oxygen atoms in total. The summed E-state index contributed by atoms with van der Waals surface area (Å²) in [6.07, 6.45) is 7.90. The van der Waals surface area contributed by atoms with Gasteiger partial charge in [-0.1, -0.05) is 24.3 Å². The lowest BCUT2D eigenvalue weighted by Crippen LogP contribution is -2.30. The number of hydrogen-bond acceptors (Lipinski definition) is 3. The summed E-state index contributed by atoms with van der Waals surface area (Å²) in [6.45, 7) is 3.28. The van der Waals surface area contributed by atoms with Gasteiger partial charge in [-0.05, 0) is 42.9 Å². The van der Waals surface area contributed by atoms with Crippen LogP contribution in [0.15, 0.2) is 55.0 Å². The van der Waals surface area contributed by atoms with Gasteiger partial charge >= 0.3 is 6.03 Å². The second kappa shape index (κ2) is 7.65. The van der Waals surface area contributed by atoms with Crippen LogP contribution in [0.4, 0.5) is 10.6 Å². The Kier molecular flexibility index (Phi) is 4.91. The van der Waals surface area contributed by atoms with Gasteiger partial charge in [-0.3, -0.25) is 10.00 Å². The van der Waals surface area contributed by atoms with Crippen LogP contribution in [0, 0.1) is 5.92 Å². The van der Waals surface area contributed by atoms with Crippen LogP contribution in [-0.4, -0.2) is 25.6 Å². The lowest BCUT2D eigenvalue weighted by Gasteiger charge is -2.16. The Bertz CT molecular complexity index is 897. The van der Waals surface area contributed by atoms with Gasteiger partial charge in [0.2, 0.25) is 0 Å². The lowest BCUT2D eigenvalue weighted by atomic mass is 10.1. The largest absolute Gasteiger partial charge is 0.334 e. The predicted molar refractivity (Wildman–Crippen MR) is 103 cm³/mol. The molecule has 0 radical (unpaired) electrons. The number of nitrogens with one attached hydrogen (secondary N) is 2. The van der Waals surface area contributed by atoms with Gasteiger partial charge < -0.3 is 5.32 Å². The molecule has 140 valence electrons. The molecule has 1 fully saturated rings. The second-order valence-corrected chi connectivity index (χ2v) is 7.02. The van der Waals surface area contributed by atoms with Gasteiger partial charge in [-0.25, -0.2) is 9.48 Å². The molecule has 0 spiro atoms. The first-order chi connectivity index (χ1) is 13.2. The summed E-state index contributed by atoms with van der Waals surface area (Å²) in [5.41, 5.74) is 2.21. The van der Waals surface area contributed by atoms with E-state index in [9.17, 15) is 4.79 Å². The molecule has 3 aromatic rings. The Hall–Kier alpha value is -3.09. The Morgan fingerprint density at radius 1 is 1.15 bits per heavy atom. The number of carbonyl (C=O) groups excluding carboxylic acids is 1. The Balaban J connectivity index is 1.37. The van der Waals surface area contributed by atoms with Gasteiger partial charge in [-0.15, -0.1) is 0 Å². The topological polar surface area (TPSA) is 76.8 Å². The number of hydrogen-bond donors (Lipinski definition) is 2. The normalized spacial score (nSPS) is 14.7. The van der Waals surface area contributed by atoms with Crippen LogP contribution >= 0.6 is 0 Å². The second-order valence-electron chi connectivity index (χ2n) is 7.02. The summed E-state index contributed by atoms with van der Waals surface area (Å²) in [5.74, 6) is 1.40. The smallest absolute Gasteiger partial charge is 0.320 e. The van der Waals surface area contributed by atoms with E-state index in [0.717, 1.165) is 16.9 Å². The summed E-state index contributed by atoms with van der Waals surface area (Å²) in [6, 6.07) is 11.9. The Labute approximate surface area is 158 Å². The SMILES string of the molecule is C[C@@H](C1CC1)n1nccc1NC(=O)NCc1ccccc1Cn1cccn1. The molecule has 2 heterocycles. The fourth-order valence-electron chi connectivity index (χ4n) is 3.30. The van der Waals surface area contributed by atoms with Crippen LogP contribution in [0.3, 0.4) is 0 Å². The summed E-state index contributed by atoms with van der Waals surface area (Å²) < 4.78 is 3.78. The van der Waals surface area contributed by atoms with Gasteiger partial charge in [0.25, 0.3) is 0 Å². The zero-order chi connectivity index (χ0) is 18.6. The number of benzene rings is 1. The molecule has 1 saturated carbocycles. The minimum atomic E-state index is -0.228. The number of aromatic nitrogens is 4. The third-order valence-electron chi connectivity index (χ3n) is 5.05. The van der Waals surface area contributed by atoms with Crippen molar-refractivity contribution in [2.75, 3.05) is 5.32 Å². The molecule has 27 heavy (non-hydrogen) atoms. The number of anilines is 1. The van der Waals surface area contributed by atoms with Crippen molar-refractivity contribution in [2.24, 2.45) is 5.92 Å². The first kappa shape index (κ1) is 17.3. The molecular formula is C20H24N6O. The van der Waals surface area contributed by atoms with Crippen LogP contribution in [0.25, 0.3) is 0 Å². The van der Waals surface area contributed by atoms with Crippen LogP contribution in [0.1, 0.15) is 36.9 Å². The summed E-state index contributed by atoms with van der Waals surface area (Å²) in [7, 11) is 0. The van der Waals surface area contributed by atoms with Crippen LogP contribution in [0.5, 0.6) is 0 Å². The molecule has 4 rings (SSSR count). The maximum absolute atomic E-state index is 12.4. The van der Waals surface area contributed by atoms with Gasteiger partial charge in [0, 0.05) is 25.0 Å². The molecule has 0 bridgehead atoms.